The smallest absolute Gasteiger partial charge is 0.113 e. The molecule has 0 saturated carbocycles. The molecule has 1 aliphatic rings. The van der Waals surface area contributed by atoms with Crippen molar-refractivity contribution in [1.29, 1.82) is 0 Å². The normalized spacial score (nSPS) is 25.0. The molecule has 1 aromatic carbocycles. The van der Waals surface area contributed by atoms with E-state index in [1.54, 1.807) is 7.11 Å². The molecule has 0 saturated heterocycles. The van der Waals surface area contributed by atoms with Crippen molar-refractivity contribution in [1.82, 2.24) is 0 Å². The van der Waals surface area contributed by atoms with Crippen molar-refractivity contribution in [3.8, 4) is 0 Å². The lowest BCUT2D eigenvalue weighted by Crippen LogP contribution is -2.35. The first-order chi connectivity index (χ1) is 7.17. The zero-order chi connectivity index (χ0) is 10.9. The highest BCUT2D eigenvalue weighted by atomic mass is 35.5. The molecule has 0 heterocycles. The molecule has 1 aliphatic carbocycles. The average molecular weight is 227 g/mol. The Labute approximate surface area is 94.8 Å². The van der Waals surface area contributed by atoms with Gasteiger partial charge in [-0.2, -0.15) is 0 Å². The van der Waals surface area contributed by atoms with Gasteiger partial charge in [0.1, 0.15) is 5.60 Å². The molecule has 0 aromatic heterocycles. The van der Waals surface area contributed by atoms with Gasteiger partial charge in [0.2, 0.25) is 0 Å². The number of fused-ring (bicyclic) bond motifs is 1. The van der Waals surface area contributed by atoms with Crippen LogP contribution in [0.4, 0.5) is 0 Å². The third-order valence-corrected chi connectivity index (χ3v) is 3.37. The summed E-state index contributed by atoms with van der Waals surface area (Å²) in [5.41, 5.74) is 1.15. The maximum atomic E-state index is 10.5. The van der Waals surface area contributed by atoms with Crippen molar-refractivity contribution >= 4 is 11.6 Å². The van der Waals surface area contributed by atoms with Gasteiger partial charge in [-0.25, -0.2) is 0 Å². The average Bonchev–Trinajstić information content (AvgIpc) is 2.20. The van der Waals surface area contributed by atoms with Crippen molar-refractivity contribution in [3.05, 3.63) is 34.3 Å². The summed E-state index contributed by atoms with van der Waals surface area (Å²) in [5, 5.41) is 11.2. The van der Waals surface area contributed by atoms with Crippen LogP contribution >= 0.6 is 11.6 Å². The number of halogens is 1. The molecule has 1 N–H and O–H groups in total. The monoisotopic (exact) mass is 226 g/mol. The summed E-state index contributed by atoms with van der Waals surface area (Å²) in [4.78, 5) is 0. The topological polar surface area (TPSA) is 29.5 Å². The lowest BCUT2D eigenvalue weighted by molar-refractivity contribution is -0.0479. The molecule has 0 fully saturated rings. The number of rotatable bonds is 2. The van der Waals surface area contributed by atoms with Crippen LogP contribution in [0.15, 0.2) is 18.2 Å². The zero-order valence-electron chi connectivity index (χ0n) is 8.79. The summed E-state index contributed by atoms with van der Waals surface area (Å²) in [7, 11) is 1.61. The molecule has 2 rings (SSSR count). The van der Waals surface area contributed by atoms with Gasteiger partial charge < -0.3 is 9.84 Å². The Morgan fingerprint density at radius 3 is 3.07 bits per heavy atom. The molecule has 1 aromatic rings. The first kappa shape index (κ1) is 10.9. The Morgan fingerprint density at radius 2 is 2.33 bits per heavy atom. The Kier molecular flexibility index (Phi) is 3.01. The number of ether oxygens (including phenoxy) is 1. The second kappa shape index (κ2) is 4.12. The van der Waals surface area contributed by atoms with Gasteiger partial charge in [0.15, 0.2) is 0 Å². The minimum atomic E-state index is -0.854. The van der Waals surface area contributed by atoms with E-state index in [9.17, 15) is 5.11 Å². The van der Waals surface area contributed by atoms with Gasteiger partial charge in [0, 0.05) is 12.1 Å². The van der Waals surface area contributed by atoms with Crippen LogP contribution in [0.2, 0.25) is 5.02 Å². The number of hydrogen-bond acceptors (Lipinski definition) is 2. The Morgan fingerprint density at radius 1 is 1.53 bits per heavy atom. The minimum Gasteiger partial charge on any atom is -0.383 e. The largest absolute Gasteiger partial charge is 0.383 e. The maximum Gasteiger partial charge on any atom is 0.113 e. The summed E-state index contributed by atoms with van der Waals surface area (Å²) in [5.74, 6) is 0. The highest BCUT2D eigenvalue weighted by Crippen LogP contribution is 2.38. The fourth-order valence-corrected chi connectivity index (χ4v) is 2.60. The number of benzene rings is 1. The second-order valence-electron chi connectivity index (χ2n) is 4.08. The summed E-state index contributed by atoms with van der Waals surface area (Å²) in [6.45, 7) is 0.334. The van der Waals surface area contributed by atoms with E-state index in [1.807, 2.05) is 18.2 Å². The van der Waals surface area contributed by atoms with E-state index in [-0.39, 0.29) is 0 Å². The van der Waals surface area contributed by atoms with E-state index >= 15 is 0 Å². The molecule has 0 aliphatic heterocycles. The van der Waals surface area contributed by atoms with Crippen molar-refractivity contribution in [2.24, 2.45) is 0 Å². The number of methoxy groups -OCH3 is 1. The molecular formula is C12H15ClO2. The van der Waals surface area contributed by atoms with Crippen molar-refractivity contribution < 1.29 is 9.84 Å². The minimum absolute atomic E-state index is 0.334. The van der Waals surface area contributed by atoms with Gasteiger partial charge in [0.25, 0.3) is 0 Å². The SMILES string of the molecule is COCC1(O)CCCc2c(Cl)cccc21. The van der Waals surface area contributed by atoms with E-state index in [1.165, 1.54) is 0 Å². The third-order valence-electron chi connectivity index (χ3n) is 3.02. The molecule has 3 heteroatoms. The maximum absolute atomic E-state index is 10.5. The van der Waals surface area contributed by atoms with Gasteiger partial charge in [-0.3, -0.25) is 0 Å². The Bertz CT molecular complexity index is 365. The standard InChI is InChI=1S/C12H15ClO2/c1-15-8-12(14)7-3-4-9-10(12)5-2-6-11(9)13/h2,5-6,14H,3-4,7-8H2,1H3. The predicted octanol–water partition coefficient (Wildman–Crippen LogP) is 2.51. The van der Waals surface area contributed by atoms with E-state index in [0.29, 0.717) is 6.61 Å². The molecule has 0 spiro atoms. The van der Waals surface area contributed by atoms with Gasteiger partial charge in [-0.05, 0) is 36.5 Å². The molecule has 1 unspecified atom stereocenters. The lowest BCUT2D eigenvalue weighted by atomic mass is 9.79. The van der Waals surface area contributed by atoms with Crippen LogP contribution in [0.3, 0.4) is 0 Å². The molecule has 82 valence electrons. The first-order valence-electron chi connectivity index (χ1n) is 5.16. The zero-order valence-corrected chi connectivity index (χ0v) is 9.55. The highest BCUT2D eigenvalue weighted by molar-refractivity contribution is 6.31. The molecule has 15 heavy (non-hydrogen) atoms. The first-order valence-corrected chi connectivity index (χ1v) is 5.54. The second-order valence-corrected chi connectivity index (χ2v) is 4.49. The van der Waals surface area contributed by atoms with Gasteiger partial charge in [0.05, 0.1) is 6.61 Å². The molecule has 1 atom stereocenters. The fraction of sp³-hybridized carbons (Fsp3) is 0.500. The van der Waals surface area contributed by atoms with Crippen LogP contribution in [0.5, 0.6) is 0 Å². The summed E-state index contributed by atoms with van der Waals surface area (Å²) >= 11 is 6.12. The highest BCUT2D eigenvalue weighted by Gasteiger charge is 2.34. The van der Waals surface area contributed by atoms with Crippen LogP contribution in [0, 0.1) is 0 Å². The van der Waals surface area contributed by atoms with Crippen molar-refractivity contribution in [2.75, 3.05) is 13.7 Å². The lowest BCUT2D eigenvalue weighted by Gasteiger charge is -2.34. The molecule has 0 bridgehead atoms. The van der Waals surface area contributed by atoms with Gasteiger partial charge >= 0.3 is 0 Å². The van der Waals surface area contributed by atoms with Crippen LogP contribution in [-0.4, -0.2) is 18.8 Å². The number of aliphatic hydroxyl groups is 1. The van der Waals surface area contributed by atoms with Crippen LogP contribution in [0.25, 0.3) is 0 Å². The van der Waals surface area contributed by atoms with Gasteiger partial charge in [-0.1, -0.05) is 23.7 Å². The summed E-state index contributed by atoms with van der Waals surface area (Å²) in [6.07, 6.45) is 2.64. The summed E-state index contributed by atoms with van der Waals surface area (Å²) in [6, 6.07) is 5.70. The Hall–Kier alpha value is -0.570. The molecule has 0 radical (unpaired) electrons. The van der Waals surface area contributed by atoms with E-state index in [2.05, 4.69) is 0 Å². The van der Waals surface area contributed by atoms with E-state index in [0.717, 1.165) is 35.4 Å². The third kappa shape index (κ3) is 1.89. The number of hydrogen-bond donors (Lipinski definition) is 1. The van der Waals surface area contributed by atoms with E-state index < -0.39 is 5.60 Å². The van der Waals surface area contributed by atoms with Gasteiger partial charge in [-0.15, -0.1) is 0 Å². The van der Waals surface area contributed by atoms with Crippen LogP contribution in [-0.2, 0) is 16.8 Å². The molecule has 2 nitrogen and oxygen atoms in total. The fourth-order valence-electron chi connectivity index (χ4n) is 2.33. The van der Waals surface area contributed by atoms with Crippen molar-refractivity contribution in [3.63, 3.8) is 0 Å². The molecule has 0 amide bonds. The Balaban J connectivity index is 2.46. The predicted molar refractivity (Wildman–Crippen MR) is 60.2 cm³/mol. The van der Waals surface area contributed by atoms with E-state index in [4.69, 9.17) is 16.3 Å². The van der Waals surface area contributed by atoms with Crippen LogP contribution < -0.4 is 0 Å². The molecular weight excluding hydrogens is 212 g/mol. The van der Waals surface area contributed by atoms with Crippen LogP contribution in [0.1, 0.15) is 24.0 Å². The van der Waals surface area contributed by atoms with Crippen molar-refractivity contribution in [2.45, 2.75) is 24.9 Å². The summed E-state index contributed by atoms with van der Waals surface area (Å²) < 4.78 is 5.09. The quantitative estimate of drug-likeness (QED) is 0.840.